The van der Waals surface area contributed by atoms with Crippen molar-refractivity contribution in [3.05, 3.63) is 53.4 Å². The number of anilines is 1. The lowest BCUT2D eigenvalue weighted by Gasteiger charge is -2.22. The molecule has 0 N–H and O–H groups in total. The first kappa shape index (κ1) is 17.7. The maximum Gasteiger partial charge on any atom is 0.344 e. The number of ether oxygens (including phenoxy) is 1. The number of hydrogen-bond acceptors (Lipinski definition) is 6. The molecule has 0 unspecified atom stereocenters. The van der Waals surface area contributed by atoms with Crippen LogP contribution in [0.4, 0.5) is 5.82 Å². The molecule has 3 aromatic rings. The Kier molecular flexibility index (Phi) is 5.16. The molecule has 1 aliphatic heterocycles. The zero-order chi connectivity index (χ0) is 18.6. The second-order valence-electron chi connectivity index (χ2n) is 6.35. The first-order chi connectivity index (χ1) is 13.3. The van der Waals surface area contributed by atoms with E-state index in [-0.39, 0.29) is 5.97 Å². The van der Waals surface area contributed by atoms with Gasteiger partial charge >= 0.3 is 5.97 Å². The summed E-state index contributed by atoms with van der Waals surface area (Å²) in [6.45, 7) is 3.92. The second kappa shape index (κ2) is 7.88. The molecule has 3 heterocycles. The average Bonchev–Trinajstić information content (AvgIpc) is 3.42. The number of aromatic nitrogens is 2. The van der Waals surface area contributed by atoms with Crippen molar-refractivity contribution in [1.82, 2.24) is 9.97 Å². The molecule has 2 aromatic heterocycles. The predicted molar refractivity (Wildman–Crippen MR) is 108 cm³/mol. The molecule has 0 spiro atoms. The van der Waals surface area contributed by atoms with Crippen LogP contribution in [0, 0.1) is 0 Å². The Bertz CT molecular complexity index is 920. The van der Waals surface area contributed by atoms with Gasteiger partial charge in [0.15, 0.2) is 5.82 Å². The summed E-state index contributed by atoms with van der Waals surface area (Å²) in [6, 6.07) is 13.8. The van der Waals surface area contributed by atoms with Crippen molar-refractivity contribution in [2.45, 2.75) is 19.8 Å². The van der Waals surface area contributed by atoms with Crippen LogP contribution < -0.4 is 4.90 Å². The van der Waals surface area contributed by atoms with E-state index in [1.807, 2.05) is 54.8 Å². The van der Waals surface area contributed by atoms with Crippen molar-refractivity contribution in [3.8, 4) is 22.0 Å². The van der Waals surface area contributed by atoms with Crippen molar-refractivity contribution in [3.63, 3.8) is 0 Å². The van der Waals surface area contributed by atoms with Crippen LogP contribution in [0.2, 0.25) is 0 Å². The predicted octanol–water partition coefficient (Wildman–Crippen LogP) is 4.65. The fourth-order valence-corrected chi connectivity index (χ4v) is 4.03. The highest BCUT2D eigenvalue weighted by atomic mass is 32.1. The number of nitrogens with zero attached hydrogens (tertiary/aromatic N) is 3. The first-order valence-electron chi connectivity index (χ1n) is 9.21. The van der Waals surface area contributed by atoms with Crippen molar-refractivity contribution in [1.29, 1.82) is 0 Å². The zero-order valence-electron chi connectivity index (χ0n) is 15.2. The molecule has 0 saturated carbocycles. The number of carbonyl (C=O) groups is 1. The van der Waals surface area contributed by atoms with Gasteiger partial charge in [-0.3, -0.25) is 0 Å². The Morgan fingerprint density at radius 2 is 1.89 bits per heavy atom. The van der Waals surface area contributed by atoms with Gasteiger partial charge in [0, 0.05) is 18.7 Å². The second-order valence-corrected chi connectivity index (χ2v) is 7.30. The van der Waals surface area contributed by atoms with Crippen LogP contribution in [-0.4, -0.2) is 35.6 Å². The summed E-state index contributed by atoms with van der Waals surface area (Å²) in [5.41, 5.74) is 2.06. The maximum atomic E-state index is 12.9. The maximum absolute atomic E-state index is 12.9. The molecule has 4 rings (SSSR count). The van der Waals surface area contributed by atoms with Gasteiger partial charge < -0.3 is 9.64 Å². The summed E-state index contributed by atoms with van der Waals surface area (Å²) < 4.78 is 5.37. The van der Waals surface area contributed by atoms with Crippen molar-refractivity contribution in [2.24, 2.45) is 0 Å². The van der Waals surface area contributed by atoms with Gasteiger partial charge in [0.25, 0.3) is 0 Å². The van der Waals surface area contributed by atoms with Crippen molar-refractivity contribution >= 4 is 23.1 Å². The minimum absolute atomic E-state index is 0.322. The minimum atomic E-state index is -0.359. The fourth-order valence-electron chi connectivity index (χ4n) is 3.31. The van der Waals surface area contributed by atoms with Crippen LogP contribution in [0.1, 0.15) is 30.1 Å². The molecular formula is C21H21N3O2S. The Balaban J connectivity index is 1.95. The Hall–Kier alpha value is -2.73. The van der Waals surface area contributed by atoms with Crippen LogP contribution in [0.3, 0.4) is 0 Å². The number of thiophene rings is 1. The quantitative estimate of drug-likeness (QED) is 0.604. The van der Waals surface area contributed by atoms with E-state index in [1.54, 1.807) is 11.3 Å². The highest BCUT2D eigenvalue weighted by Gasteiger charge is 2.28. The summed E-state index contributed by atoms with van der Waals surface area (Å²) in [5.74, 6) is 0.958. The molecule has 0 atom stereocenters. The third kappa shape index (κ3) is 3.57. The molecular weight excluding hydrogens is 358 g/mol. The number of benzene rings is 1. The van der Waals surface area contributed by atoms with E-state index >= 15 is 0 Å². The number of carbonyl (C=O) groups excluding carboxylic acids is 1. The Morgan fingerprint density at radius 1 is 1.11 bits per heavy atom. The summed E-state index contributed by atoms with van der Waals surface area (Å²) in [4.78, 5) is 25.6. The minimum Gasteiger partial charge on any atom is -0.462 e. The van der Waals surface area contributed by atoms with Crippen LogP contribution in [0.25, 0.3) is 22.0 Å². The summed E-state index contributed by atoms with van der Waals surface area (Å²) in [7, 11) is 0. The Morgan fingerprint density at radius 3 is 2.56 bits per heavy atom. The van der Waals surface area contributed by atoms with Gasteiger partial charge in [-0.25, -0.2) is 14.8 Å². The lowest BCUT2D eigenvalue weighted by Crippen LogP contribution is -2.24. The molecule has 0 bridgehead atoms. The van der Waals surface area contributed by atoms with Gasteiger partial charge in [-0.1, -0.05) is 36.4 Å². The fraction of sp³-hybridized carbons (Fsp3) is 0.286. The highest BCUT2D eigenvalue weighted by Crippen LogP contribution is 2.35. The molecule has 1 aliphatic rings. The molecule has 27 heavy (non-hydrogen) atoms. The number of hydrogen-bond donors (Lipinski definition) is 0. The van der Waals surface area contributed by atoms with E-state index < -0.39 is 0 Å². The molecule has 0 amide bonds. The van der Waals surface area contributed by atoms with E-state index in [1.165, 1.54) is 0 Å². The first-order valence-corrected chi connectivity index (χ1v) is 10.1. The van der Waals surface area contributed by atoms with E-state index in [2.05, 4.69) is 4.90 Å². The monoisotopic (exact) mass is 379 g/mol. The van der Waals surface area contributed by atoms with Gasteiger partial charge in [0.1, 0.15) is 17.1 Å². The van der Waals surface area contributed by atoms with Crippen LogP contribution in [-0.2, 0) is 4.74 Å². The summed E-state index contributed by atoms with van der Waals surface area (Å²) in [6.07, 6.45) is 2.20. The Labute approximate surface area is 162 Å². The highest BCUT2D eigenvalue weighted by molar-refractivity contribution is 7.13. The lowest BCUT2D eigenvalue weighted by molar-refractivity contribution is 0.0527. The topological polar surface area (TPSA) is 55.3 Å². The van der Waals surface area contributed by atoms with Gasteiger partial charge in [-0.15, -0.1) is 11.3 Å². The molecule has 5 nitrogen and oxygen atoms in total. The molecule has 0 radical (unpaired) electrons. The van der Waals surface area contributed by atoms with Crippen LogP contribution in [0.15, 0.2) is 47.8 Å². The largest absolute Gasteiger partial charge is 0.462 e. The van der Waals surface area contributed by atoms with Gasteiger partial charge in [0.05, 0.1) is 11.5 Å². The van der Waals surface area contributed by atoms with E-state index in [4.69, 9.17) is 14.7 Å². The van der Waals surface area contributed by atoms with Gasteiger partial charge in [-0.05, 0) is 31.2 Å². The molecule has 0 aliphatic carbocycles. The van der Waals surface area contributed by atoms with Crippen molar-refractivity contribution in [2.75, 3.05) is 24.6 Å². The van der Waals surface area contributed by atoms with Gasteiger partial charge in [0.2, 0.25) is 0 Å². The van der Waals surface area contributed by atoms with E-state index in [9.17, 15) is 4.79 Å². The molecule has 1 aromatic carbocycles. The van der Waals surface area contributed by atoms with Crippen LogP contribution in [0.5, 0.6) is 0 Å². The standard InChI is InChI=1S/C21H21N3O2S/c1-2-26-21(25)17-18(16-11-8-14-27-16)22-19(15-9-4-3-5-10-15)23-20(17)24-12-6-7-13-24/h3-5,8-11,14H,2,6-7,12-13H2,1H3. The smallest absolute Gasteiger partial charge is 0.344 e. The number of esters is 1. The van der Waals surface area contributed by atoms with Crippen LogP contribution >= 0.6 is 11.3 Å². The van der Waals surface area contributed by atoms with E-state index in [0.717, 1.165) is 36.4 Å². The number of rotatable bonds is 5. The third-order valence-electron chi connectivity index (χ3n) is 4.56. The van der Waals surface area contributed by atoms with Crippen molar-refractivity contribution < 1.29 is 9.53 Å². The van der Waals surface area contributed by atoms with Gasteiger partial charge in [-0.2, -0.15) is 0 Å². The normalized spacial score (nSPS) is 13.7. The lowest BCUT2D eigenvalue weighted by atomic mass is 10.1. The molecule has 138 valence electrons. The third-order valence-corrected chi connectivity index (χ3v) is 5.44. The molecule has 6 heteroatoms. The summed E-state index contributed by atoms with van der Waals surface area (Å²) in [5, 5.41) is 1.99. The average molecular weight is 379 g/mol. The molecule has 1 saturated heterocycles. The zero-order valence-corrected chi connectivity index (χ0v) is 16.0. The summed E-state index contributed by atoms with van der Waals surface area (Å²) >= 11 is 1.56. The molecule has 1 fully saturated rings. The SMILES string of the molecule is CCOC(=O)c1c(-c2cccs2)nc(-c2ccccc2)nc1N1CCCC1. The van der Waals surface area contributed by atoms with E-state index in [0.29, 0.717) is 29.5 Å².